The highest BCUT2D eigenvalue weighted by atomic mass is 35.5. The van der Waals surface area contributed by atoms with E-state index >= 15 is 0 Å². The van der Waals surface area contributed by atoms with E-state index in [9.17, 15) is 9.59 Å². The number of hydrogen-bond acceptors (Lipinski definition) is 5. The lowest BCUT2D eigenvalue weighted by Gasteiger charge is -2.10. The molecule has 152 valence electrons. The summed E-state index contributed by atoms with van der Waals surface area (Å²) in [6, 6.07) is 6.97. The summed E-state index contributed by atoms with van der Waals surface area (Å²) in [7, 11) is 0. The normalized spacial score (nSPS) is 23.9. The first-order valence-electron chi connectivity index (χ1n) is 8.86. The zero-order chi connectivity index (χ0) is 21.3. The molecule has 1 aromatic rings. The van der Waals surface area contributed by atoms with Crippen molar-refractivity contribution in [1.29, 1.82) is 0 Å². The SMILES string of the molecule is C=CCN1C(=O)/C(=C/c2ccc(OC(=O)[C@@H]3[C@H](C=C(Cl)Cl)C3(C)C)cc2)SC1=S. The maximum atomic E-state index is 12.5. The van der Waals surface area contributed by atoms with Gasteiger partial charge in [0.25, 0.3) is 5.91 Å². The minimum atomic E-state index is -0.316. The maximum absolute atomic E-state index is 12.5. The molecule has 2 aliphatic rings. The van der Waals surface area contributed by atoms with Gasteiger partial charge in [-0.3, -0.25) is 14.5 Å². The second-order valence-corrected chi connectivity index (χ2v) is 10.0. The van der Waals surface area contributed by atoms with E-state index < -0.39 is 0 Å². The fourth-order valence-electron chi connectivity index (χ4n) is 3.32. The van der Waals surface area contributed by atoms with Crippen molar-refractivity contribution in [1.82, 2.24) is 4.90 Å². The predicted molar refractivity (Wildman–Crippen MR) is 123 cm³/mol. The van der Waals surface area contributed by atoms with Gasteiger partial charge in [0.15, 0.2) is 0 Å². The van der Waals surface area contributed by atoms with Gasteiger partial charge in [0.2, 0.25) is 0 Å². The van der Waals surface area contributed by atoms with Gasteiger partial charge in [-0.2, -0.15) is 0 Å². The van der Waals surface area contributed by atoms with Gasteiger partial charge in [-0.25, -0.2) is 0 Å². The van der Waals surface area contributed by atoms with Crippen LogP contribution in [-0.2, 0) is 9.59 Å². The number of halogens is 2. The number of rotatable bonds is 6. The molecule has 2 atom stereocenters. The van der Waals surface area contributed by atoms with E-state index in [0.29, 0.717) is 21.5 Å². The minimum absolute atomic E-state index is 0.0447. The van der Waals surface area contributed by atoms with Crippen molar-refractivity contribution in [3.05, 3.63) is 58.0 Å². The van der Waals surface area contributed by atoms with Crippen LogP contribution in [0.4, 0.5) is 0 Å². The Kier molecular flexibility index (Phi) is 6.58. The summed E-state index contributed by atoms with van der Waals surface area (Å²) in [6.07, 6.45) is 5.08. The molecule has 1 saturated carbocycles. The molecule has 29 heavy (non-hydrogen) atoms. The van der Waals surface area contributed by atoms with Crippen LogP contribution in [0, 0.1) is 17.3 Å². The van der Waals surface area contributed by atoms with E-state index in [4.69, 9.17) is 40.2 Å². The summed E-state index contributed by atoms with van der Waals surface area (Å²) >= 11 is 17.9. The first-order valence-corrected chi connectivity index (χ1v) is 10.8. The third kappa shape index (κ3) is 4.77. The van der Waals surface area contributed by atoms with Crippen LogP contribution < -0.4 is 4.74 Å². The Morgan fingerprint density at radius 1 is 1.34 bits per heavy atom. The molecule has 3 rings (SSSR count). The van der Waals surface area contributed by atoms with E-state index in [1.807, 2.05) is 13.8 Å². The summed E-state index contributed by atoms with van der Waals surface area (Å²) in [4.78, 5) is 26.9. The fraction of sp³-hybridized carbons (Fsp3) is 0.286. The molecule has 1 saturated heterocycles. The topological polar surface area (TPSA) is 46.6 Å². The number of esters is 1. The molecule has 1 heterocycles. The number of benzene rings is 1. The smallest absolute Gasteiger partial charge is 0.315 e. The highest BCUT2D eigenvalue weighted by Crippen LogP contribution is 2.60. The summed E-state index contributed by atoms with van der Waals surface area (Å²) in [5.74, 6) is -0.348. The Hall–Kier alpha value is -1.60. The lowest BCUT2D eigenvalue weighted by atomic mass is 10.1. The molecule has 8 heteroatoms. The van der Waals surface area contributed by atoms with E-state index in [-0.39, 0.29) is 33.6 Å². The number of thiocarbonyl (C=S) groups is 1. The van der Waals surface area contributed by atoms with Gasteiger partial charge in [-0.05, 0) is 41.2 Å². The van der Waals surface area contributed by atoms with E-state index in [2.05, 4.69) is 6.58 Å². The molecule has 1 aliphatic carbocycles. The van der Waals surface area contributed by atoms with Gasteiger partial charge >= 0.3 is 5.97 Å². The number of ether oxygens (including phenoxy) is 1. The number of hydrogen-bond donors (Lipinski definition) is 0. The highest BCUT2D eigenvalue weighted by Gasteiger charge is 2.61. The molecule has 0 spiro atoms. The Morgan fingerprint density at radius 2 is 2.00 bits per heavy atom. The van der Waals surface area contributed by atoms with Gasteiger partial charge in [-0.1, -0.05) is 79.2 Å². The molecule has 0 bridgehead atoms. The first kappa shape index (κ1) is 22.1. The molecule has 1 aliphatic heterocycles. The summed E-state index contributed by atoms with van der Waals surface area (Å²) in [6.45, 7) is 7.98. The van der Waals surface area contributed by atoms with E-state index in [0.717, 1.165) is 5.56 Å². The standard InChI is InChI=1S/C21H19Cl2NO3S2/c1-4-9-24-18(25)15(29-20(24)28)10-12-5-7-13(8-6-12)27-19(26)17-14(11-16(22)23)21(17,2)3/h4-8,10-11,14,17H,1,9H2,2-3H3/b15-10-/t14-,17-/m0/s1. The molecular formula is C21H19Cl2NO3S2. The zero-order valence-electron chi connectivity index (χ0n) is 15.9. The number of nitrogens with zero attached hydrogens (tertiary/aromatic N) is 1. The number of thioether (sulfide) groups is 1. The second kappa shape index (κ2) is 8.64. The molecule has 0 radical (unpaired) electrons. The summed E-state index contributed by atoms with van der Waals surface area (Å²) in [5.41, 5.74) is 0.567. The highest BCUT2D eigenvalue weighted by molar-refractivity contribution is 8.26. The van der Waals surface area contributed by atoms with Crippen LogP contribution in [0.5, 0.6) is 5.75 Å². The third-order valence-corrected chi connectivity index (χ3v) is 6.68. The average Bonchev–Trinajstić information content (AvgIpc) is 3.07. The molecule has 0 unspecified atom stereocenters. The van der Waals surface area contributed by atoms with Crippen LogP contribution in [0.3, 0.4) is 0 Å². The molecule has 1 aromatic carbocycles. The van der Waals surface area contributed by atoms with E-state index in [1.165, 1.54) is 16.7 Å². The van der Waals surface area contributed by atoms with Crippen molar-refractivity contribution in [2.24, 2.45) is 17.3 Å². The van der Waals surface area contributed by atoms with Crippen molar-refractivity contribution in [3.63, 3.8) is 0 Å². The average molecular weight is 468 g/mol. The van der Waals surface area contributed by atoms with Crippen LogP contribution in [0.2, 0.25) is 0 Å². The number of amides is 1. The second-order valence-electron chi connectivity index (χ2n) is 7.35. The summed E-state index contributed by atoms with van der Waals surface area (Å²) in [5, 5.41) is 0. The van der Waals surface area contributed by atoms with Crippen LogP contribution in [0.15, 0.2) is 52.4 Å². The Balaban J connectivity index is 1.66. The number of carbonyl (C=O) groups excluding carboxylic acids is 2. The minimum Gasteiger partial charge on any atom is -0.426 e. The van der Waals surface area contributed by atoms with Gasteiger partial charge in [0, 0.05) is 6.54 Å². The number of allylic oxidation sites excluding steroid dienone is 1. The largest absolute Gasteiger partial charge is 0.426 e. The van der Waals surface area contributed by atoms with Crippen LogP contribution >= 0.6 is 47.2 Å². The monoisotopic (exact) mass is 467 g/mol. The Bertz CT molecular complexity index is 934. The molecule has 1 amide bonds. The third-order valence-electron chi connectivity index (χ3n) is 5.05. The zero-order valence-corrected chi connectivity index (χ0v) is 19.0. The van der Waals surface area contributed by atoms with E-state index in [1.54, 1.807) is 42.5 Å². The lowest BCUT2D eigenvalue weighted by molar-refractivity contribution is -0.136. The molecular weight excluding hydrogens is 449 g/mol. The first-order chi connectivity index (χ1) is 13.6. The van der Waals surface area contributed by atoms with Crippen molar-refractivity contribution >= 4 is 69.5 Å². The number of carbonyl (C=O) groups is 2. The Labute approximate surface area is 189 Å². The molecule has 2 fully saturated rings. The maximum Gasteiger partial charge on any atom is 0.315 e. The van der Waals surface area contributed by atoms with Crippen molar-refractivity contribution in [2.75, 3.05) is 6.54 Å². The van der Waals surface area contributed by atoms with Crippen LogP contribution in [0.1, 0.15) is 19.4 Å². The van der Waals surface area contributed by atoms with Crippen LogP contribution in [0.25, 0.3) is 6.08 Å². The van der Waals surface area contributed by atoms with Crippen molar-refractivity contribution in [3.8, 4) is 5.75 Å². The molecule has 0 N–H and O–H groups in total. The Morgan fingerprint density at radius 3 is 2.59 bits per heavy atom. The van der Waals surface area contributed by atoms with Crippen molar-refractivity contribution < 1.29 is 14.3 Å². The van der Waals surface area contributed by atoms with Crippen molar-refractivity contribution in [2.45, 2.75) is 13.8 Å². The van der Waals surface area contributed by atoms with Crippen LogP contribution in [-0.4, -0.2) is 27.6 Å². The van der Waals surface area contributed by atoms with Gasteiger partial charge in [0.1, 0.15) is 14.6 Å². The lowest BCUT2D eigenvalue weighted by Crippen LogP contribution is -2.27. The van der Waals surface area contributed by atoms with Gasteiger partial charge in [0.05, 0.1) is 10.8 Å². The van der Waals surface area contributed by atoms with Gasteiger partial charge < -0.3 is 4.74 Å². The predicted octanol–water partition coefficient (Wildman–Crippen LogP) is 5.57. The summed E-state index contributed by atoms with van der Waals surface area (Å²) < 4.78 is 6.18. The fourth-order valence-corrected chi connectivity index (χ4v) is 4.87. The molecule has 0 aromatic heterocycles. The van der Waals surface area contributed by atoms with Gasteiger partial charge in [-0.15, -0.1) is 6.58 Å². The quantitative estimate of drug-likeness (QED) is 0.180. The molecule has 4 nitrogen and oxygen atoms in total.